The van der Waals surface area contributed by atoms with Gasteiger partial charge in [-0.25, -0.2) is 14.4 Å². The Labute approximate surface area is 188 Å². The second-order valence-corrected chi connectivity index (χ2v) is 7.93. The first-order chi connectivity index (χ1) is 15.7. The van der Waals surface area contributed by atoms with Gasteiger partial charge < -0.3 is 19.9 Å². The predicted molar refractivity (Wildman–Crippen MR) is 117 cm³/mol. The molecule has 0 bridgehead atoms. The van der Waals surface area contributed by atoms with Crippen molar-refractivity contribution in [2.45, 2.75) is 19.6 Å². The predicted octanol–water partition coefficient (Wildman–Crippen LogP) is 3.86. The van der Waals surface area contributed by atoms with Crippen LogP contribution in [-0.4, -0.2) is 60.2 Å². The third-order valence-electron chi connectivity index (χ3n) is 5.61. The molecule has 0 aliphatic carbocycles. The second kappa shape index (κ2) is 8.97. The van der Waals surface area contributed by atoms with E-state index in [1.807, 2.05) is 6.07 Å². The first kappa shape index (κ1) is 23.0. The number of aromatic nitrogens is 3. The van der Waals surface area contributed by atoms with E-state index in [0.29, 0.717) is 28.6 Å². The van der Waals surface area contributed by atoms with Crippen molar-refractivity contribution >= 4 is 22.5 Å². The van der Waals surface area contributed by atoms with E-state index in [1.165, 1.54) is 19.2 Å². The molecule has 0 saturated carbocycles. The summed E-state index contributed by atoms with van der Waals surface area (Å²) in [5.74, 6) is -0.0956. The standard InChI is InChI=1S/C22H24F4N6O/c1-13-28-19(27-12-14-5-4-6-16(18(14)23)22(24,25)26)15-11-17(21(33-3)30-20(15)29-13)32-9-7-31(2)8-10-32/h4-6,11H,7-10,12H2,1-3H3,(H,27,28,29,30). The number of ether oxygens (including phenoxy) is 1. The van der Waals surface area contributed by atoms with Gasteiger partial charge in [0, 0.05) is 38.3 Å². The molecule has 4 rings (SSSR count). The molecule has 1 N–H and O–H groups in total. The molecular weight excluding hydrogens is 440 g/mol. The highest BCUT2D eigenvalue weighted by atomic mass is 19.4. The Morgan fingerprint density at radius 1 is 1.09 bits per heavy atom. The summed E-state index contributed by atoms with van der Waals surface area (Å²) in [6.07, 6.45) is -4.77. The average Bonchev–Trinajstić information content (AvgIpc) is 2.77. The Bertz CT molecular complexity index is 1160. The molecule has 3 aromatic rings. The van der Waals surface area contributed by atoms with Gasteiger partial charge in [0.25, 0.3) is 0 Å². The molecule has 0 radical (unpaired) electrons. The maximum Gasteiger partial charge on any atom is 0.419 e. The van der Waals surface area contributed by atoms with Crippen LogP contribution in [0.25, 0.3) is 11.0 Å². The van der Waals surface area contributed by atoms with E-state index >= 15 is 0 Å². The minimum Gasteiger partial charge on any atom is -0.479 e. The molecule has 2 aromatic heterocycles. The smallest absolute Gasteiger partial charge is 0.419 e. The van der Waals surface area contributed by atoms with Gasteiger partial charge in [-0.05, 0) is 26.1 Å². The van der Waals surface area contributed by atoms with Crippen molar-refractivity contribution in [3.05, 3.63) is 47.0 Å². The maximum atomic E-state index is 14.5. The fraction of sp³-hybridized carbons (Fsp3) is 0.409. The van der Waals surface area contributed by atoms with Crippen LogP contribution >= 0.6 is 0 Å². The average molecular weight is 464 g/mol. The lowest BCUT2D eigenvalue weighted by Gasteiger charge is -2.34. The number of hydrogen-bond donors (Lipinski definition) is 1. The van der Waals surface area contributed by atoms with E-state index in [-0.39, 0.29) is 12.1 Å². The minimum absolute atomic E-state index is 0.116. The molecule has 0 spiro atoms. The molecule has 1 aliphatic heterocycles. The number of pyridine rings is 1. The van der Waals surface area contributed by atoms with Crippen molar-refractivity contribution in [2.75, 3.05) is 50.6 Å². The Hall–Kier alpha value is -3.21. The first-order valence-electron chi connectivity index (χ1n) is 10.4. The van der Waals surface area contributed by atoms with Gasteiger partial charge >= 0.3 is 6.18 Å². The molecule has 0 unspecified atom stereocenters. The van der Waals surface area contributed by atoms with Crippen LogP contribution in [-0.2, 0) is 12.7 Å². The SMILES string of the molecule is COc1nc2nc(C)nc(NCc3cccc(C(F)(F)F)c3F)c2cc1N1CCN(C)CC1. The highest BCUT2D eigenvalue weighted by Gasteiger charge is 2.34. The topological polar surface area (TPSA) is 66.4 Å². The van der Waals surface area contributed by atoms with Crippen molar-refractivity contribution in [3.8, 4) is 5.88 Å². The van der Waals surface area contributed by atoms with Gasteiger partial charge in [0.15, 0.2) is 5.65 Å². The zero-order chi connectivity index (χ0) is 23.8. The van der Waals surface area contributed by atoms with Crippen LogP contribution in [0.5, 0.6) is 5.88 Å². The summed E-state index contributed by atoms with van der Waals surface area (Å²) < 4.78 is 59.2. The zero-order valence-corrected chi connectivity index (χ0v) is 18.5. The number of nitrogens with zero attached hydrogens (tertiary/aromatic N) is 5. The van der Waals surface area contributed by atoms with Gasteiger partial charge in [-0.1, -0.05) is 12.1 Å². The number of benzene rings is 1. The molecule has 176 valence electrons. The second-order valence-electron chi connectivity index (χ2n) is 7.93. The van der Waals surface area contributed by atoms with E-state index in [0.717, 1.165) is 37.9 Å². The zero-order valence-electron chi connectivity index (χ0n) is 18.5. The molecule has 1 aliphatic rings. The Morgan fingerprint density at radius 3 is 2.48 bits per heavy atom. The Balaban J connectivity index is 1.70. The molecule has 7 nitrogen and oxygen atoms in total. The van der Waals surface area contributed by atoms with Gasteiger partial charge in [-0.2, -0.15) is 18.2 Å². The Morgan fingerprint density at radius 2 is 1.82 bits per heavy atom. The van der Waals surface area contributed by atoms with Crippen molar-refractivity contribution in [2.24, 2.45) is 0 Å². The first-order valence-corrected chi connectivity index (χ1v) is 10.4. The largest absolute Gasteiger partial charge is 0.479 e. The van der Waals surface area contributed by atoms with Crippen LogP contribution < -0.4 is 15.0 Å². The molecule has 3 heterocycles. The van der Waals surface area contributed by atoms with Crippen LogP contribution in [0.15, 0.2) is 24.3 Å². The summed E-state index contributed by atoms with van der Waals surface area (Å²) in [6, 6.07) is 5.08. The molecule has 1 fully saturated rings. The highest BCUT2D eigenvalue weighted by Crippen LogP contribution is 2.34. The van der Waals surface area contributed by atoms with Gasteiger partial charge in [-0.15, -0.1) is 0 Å². The summed E-state index contributed by atoms with van der Waals surface area (Å²) >= 11 is 0. The number of anilines is 2. The molecular formula is C22H24F4N6O. The van der Waals surface area contributed by atoms with Gasteiger partial charge in [-0.3, -0.25) is 0 Å². The third kappa shape index (κ3) is 4.77. The van der Waals surface area contributed by atoms with Crippen molar-refractivity contribution in [1.82, 2.24) is 19.9 Å². The number of likely N-dealkylation sites (N-methyl/N-ethyl adjacent to an activating group) is 1. The number of alkyl halides is 3. The normalized spacial score (nSPS) is 15.2. The molecule has 33 heavy (non-hydrogen) atoms. The monoisotopic (exact) mass is 464 g/mol. The maximum absolute atomic E-state index is 14.5. The number of halogens is 4. The van der Waals surface area contributed by atoms with E-state index in [4.69, 9.17) is 4.74 Å². The van der Waals surface area contributed by atoms with Crippen LogP contribution in [0.2, 0.25) is 0 Å². The Kier molecular flexibility index (Phi) is 6.24. The fourth-order valence-electron chi connectivity index (χ4n) is 3.81. The lowest BCUT2D eigenvalue weighted by Crippen LogP contribution is -2.44. The van der Waals surface area contributed by atoms with Crippen LogP contribution in [0, 0.1) is 12.7 Å². The molecule has 1 saturated heterocycles. The number of methoxy groups -OCH3 is 1. The van der Waals surface area contributed by atoms with E-state index in [2.05, 4.69) is 37.1 Å². The molecule has 1 aromatic carbocycles. The summed E-state index contributed by atoms with van der Waals surface area (Å²) in [5, 5.41) is 3.54. The minimum atomic E-state index is -4.77. The van der Waals surface area contributed by atoms with E-state index < -0.39 is 17.6 Å². The number of nitrogens with one attached hydrogen (secondary N) is 1. The van der Waals surface area contributed by atoms with Crippen LogP contribution in [0.3, 0.4) is 0 Å². The van der Waals surface area contributed by atoms with E-state index in [9.17, 15) is 17.6 Å². The summed E-state index contributed by atoms with van der Waals surface area (Å²) in [6.45, 7) is 4.82. The van der Waals surface area contributed by atoms with Crippen molar-refractivity contribution in [3.63, 3.8) is 0 Å². The molecule has 11 heteroatoms. The molecule has 0 atom stereocenters. The molecule has 0 amide bonds. The van der Waals surface area contributed by atoms with E-state index in [1.54, 1.807) is 6.92 Å². The summed E-state index contributed by atoms with van der Waals surface area (Å²) in [5.41, 5.74) is -0.257. The van der Waals surface area contributed by atoms with Gasteiger partial charge in [0.2, 0.25) is 5.88 Å². The summed E-state index contributed by atoms with van der Waals surface area (Å²) in [7, 11) is 3.59. The van der Waals surface area contributed by atoms with Gasteiger partial charge in [0.05, 0.1) is 18.1 Å². The number of rotatable bonds is 5. The number of piperazine rings is 1. The lowest BCUT2D eigenvalue weighted by atomic mass is 10.1. The van der Waals surface area contributed by atoms with Crippen LogP contribution in [0.4, 0.5) is 29.1 Å². The highest BCUT2D eigenvalue weighted by molar-refractivity contribution is 5.90. The third-order valence-corrected chi connectivity index (χ3v) is 5.61. The van der Waals surface area contributed by atoms with Crippen molar-refractivity contribution < 1.29 is 22.3 Å². The number of aryl methyl sites for hydroxylation is 1. The lowest BCUT2D eigenvalue weighted by molar-refractivity contribution is -0.140. The fourth-order valence-corrected chi connectivity index (χ4v) is 3.81. The quantitative estimate of drug-likeness (QED) is 0.575. The van der Waals surface area contributed by atoms with Crippen LogP contribution in [0.1, 0.15) is 17.0 Å². The number of fused-ring (bicyclic) bond motifs is 1. The van der Waals surface area contributed by atoms with Crippen molar-refractivity contribution in [1.29, 1.82) is 0 Å². The summed E-state index contributed by atoms with van der Waals surface area (Å²) in [4.78, 5) is 17.7. The van der Waals surface area contributed by atoms with Gasteiger partial charge in [0.1, 0.15) is 23.1 Å². The number of hydrogen-bond acceptors (Lipinski definition) is 7.